The van der Waals surface area contributed by atoms with Crippen molar-refractivity contribution in [2.24, 2.45) is 7.05 Å². The van der Waals surface area contributed by atoms with Gasteiger partial charge in [-0.05, 0) is 48.9 Å². The molecule has 2 aromatic heterocycles. The number of amides is 1. The Labute approximate surface area is 171 Å². The normalized spacial score (nSPS) is 10.5. The summed E-state index contributed by atoms with van der Waals surface area (Å²) in [6.45, 7) is 5.24. The van der Waals surface area contributed by atoms with Crippen molar-refractivity contribution in [3.63, 3.8) is 0 Å². The molecule has 8 heteroatoms. The Hall–Kier alpha value is -3.94. The number of H-pyrrole nitrogens is 1. The molecule has 0 bridgehead atoms. The number of nitrogens with one attached hydrogen (secondary N) is 2. The van der Waals surface area contributed by atoms with Crippen molar-refractivity contribution in [2.45, 2.75) is 13.3 Å². The number of aromatic nitrogens is 2. The first-order valence-corrected chi connectivity index (χ1v) is 9.16. The summed E-state index contributed by atoms with van der Waals surface area (Å²) in [6.07, 6.45) is 3.15. The average Bonchev–Trinajstić information content (AvgIpc) is 2.73. The van der Waals surface area contributed by atoms with E-state index in [-0.39, 0.29) is 22.9 Å². The number of pyridine rings is 2. The summed E-state index contributed by atoms with van der Waals surface area (Å²) in [5.74, 6) is -0.605. The van der Waals surface area contributed by atoms with Gasteiger partial charge in [0.05, 0.1) is 0 Å². The largest absolute Gasteiger partial charge is 0.451 e. The van der Waals surface area contributed by atoms with E-state index in [0.29, 0.717) is 23.1 Å². The SMILES string of the molecule is C=CC(=O)Nc1cc(-c2cc(CC)c(=O)n(C)c2)c(Oc2ccc(F)cc2)c(=O)[nH]1. The number of aryl methyl sites for hydroxylation is 2. The zero-order valence-electron chi connectivity index (χ0n) is 16.5. The fourth-order valence-electron chi connectivity index (χ4n) is 2.92. The van der Waals surface area contributed by atoms with Gasteiger partial charge in [-0.1, -0.05) is 13.5 Å². The molecule has 30 heavy (non-hydrogen) atoms. The quantitative estimate of drug-likeness (QED) is 0.611. The van der Waals surface area contributed by atoms with Gasteiger partial charge in [0.25, 0.3) is 11.1 Å². The fraction of sp³-hybridized carbons (Fsp3) is 0.136. The Morgan fingerprint density at radius 3 is 2.60 bits per heavy atom. The smallest absolute Gasteiger partial charge is 0.293 e. The van der Waals surface area contributed by atoms with Crippen molar-refractivity contribution in [1.29, 1.82) is 0 Å². The molecule has 0 fully saturated rings. The molecule has 7 nitrogen and oxygen atoms in total. The predicted octanol–water partition coefficient (Wildman–Crippen LogP) is 3.36. The minimum absolute atomic E-state index is 0.0566. The topological polar surface area (TPSA) is 93.2 Å². The number of halogens is 1. The lowest BCUT2D eigenvalue weighted by Crippen LogP contribution is -2.21. The van der Waals surface area contributed by atoms with Crippen molar-refractivity contribution in [1.82, 2.24) is 9.55 Å². The third-order valence-electron chi connectivity index (χ3n) is 4.41. The summed E-state index contributed by atoms with van der Waals surface area (Å²) in [6, 6.07) is 8.41. The molecule has 1 aromatic carbocycles. The molecule has 3 aromatic rings. The highest BCUT2D eigenvalue weighted by atomic mass is 19.1. The number of ether oxygens (including phenoxy) is 1. The van der Waals surface area contributed by atoms with E-state index in [1.807, 2.05) is 6.92 Å². The highest BCUT2D eigenvalue weighted by Gasteiger charge is 2.17. The molecular weight excluding hydrogens is 389 g/mol. The second kappa shape index (κ2) is 8.60. The molecule has 0 aliphatic carbocycles. The van der Waals surface area contributed by atoms with E-state index in [2.05, 4.69) is 16.9 Å². The minimum atomic E-state index is -0.608. The molecule has 2 heterocycles. The third kappa shape index (κ3) is 4.38. The zero-order valence-corrected chi connectivity index (χ0v) is 16.5. The van der Waals surface area contributed by atoms with Crippen LogP contribution in [0.3, 0.4) is 0 Å². The first-order valence-electron chi connectivity index (χ1n) is 9.16. The molecule has 0 atom stereocenters. The molecule has 0 spiro atoms. The van der Waals surface area contributed by atoms with Gasteiger partial charge >= 0.3 is 0 Å². The lowest BCUT2D eigenvalue weighted by Gasteiger charge is -2.14. The Bertz CT molecular complexity index is 1230. The van der Waals surface area contributed by atoms with Crippen LogP contribution in [0.4, 0.5) is 10.2 Å². The lowest BCUT2D eigenvalue weighted by molar-refractivity contribution is -0.111. The number of rotatable bonds is 6. The van der Waals surface area contributed by atoms with Gasteiger partial charge in [0.15, 0.2) is 5.75 Å². The summed E-state index contributed by atoms with van der Waals surface area (Å²) in [4.78, 5) is 39.3. The molecule has 0 saturated carbocycles. The molecule has 1 amide bonds. The van der Waals surface area contributed by atoms with Crippen LogP contribution in [0.2, 0.25) is 0 Å². The summed E-state index contributed by atoms with van der Waals surface area (Å²) in [5, 5.41) is 2.51. The van der Waals surface area contributed by atoms with Crippen LogP contribution in [0.1, 0.15) is 12.5 Å². The number of hydrogen-bond donors (Lipinski definition) is 2. The van der Waals surface area contributed by atoms with E-state index < -0.39 is 17.3 Å². The van der Waals surface area contributed by atoms with E-state index in [0.717, 1.165) is 6.08 Å². The van der Waals surface area contributed by atoms with Gasteiger partial charge in [0.2, 0.25) is 5.91 Å². The highest BCUT2D eigenvalue weighted by Crippen LogP contribution is 2.32. The van der Waals surface area contributed by atoms with E-state index >= 15 is 0 Å². The molecular formula is C22H20FN3O4. The van der Waals surface area contributed by atoms with Crippen LogP contribution in [-0.4, -0.2) is 15.5 Å². The summed E-state index contributed by atoms with van der Waals surface area (Å²) in [5.41, 5.74) is 0.703. The van der Waals surface area contributed by atoms with Crippen LogP contribution in [0.25, 0.3) is 11.1 Å². The van der Waals surface area contributed by atoms with E-state index in [1.54, 1.807) is 19.3 Å². The number of carbonyl (C=O) groups excluding carboxylic acids is 1. The maximum Gasteiger partial charge on any atom is 0.293 e. The average molecular weight is 409 g/mol. The first kappa shape index (κ1) is 20.8. The van der Waals surface area contributed by atoms with Crippen LogP contribution in [0.5, 0.6) is 11.5 Å². The van der Waals surface area contributed by atoms with Crippen LogP contribution < -0.4 is 21.2 Å². The number of benzene rings is 1. The number of carbonyl (C=O) groups is 1. The van der Waals surface area contributed by atoms with Crippen molar-refractivity contribution in [3.8, 4) is 22.6 Å². The minimum Gasteiger partial charge on any atom is -0.451 e. The van der Waals surface area contributed by atoms with Crippen LogP contribution in [0, 0.1) is 5.82 Å². The van der Waals surface area contributed by atoms with Gasteiger partial charge in [0, 0.05) is 29.9 Å². The number of anilines is 1. The molecule has 3 rings (SSSR count). The monoisotopic (exact) mass is 409 g/mol. The zero-order chi connectivity index (χ0) is 21.8. The van der Waals surface area contributed by atoms with Crippen LogP contribution >= 0.6 is 0 Å². The molecule has 2 N–H and O–H groups in total. The number of hydrogen-bond acceptors (Lipinski definition) is 4. The van der Waals surface area contributed by atoms with Crippen molar-refractivity contribution >= 4 is 11.7 Å². The molecule has 154 valence electrons. The Balaban J connectivity index is 2.21. The summed E-state index contributed by atoms with van der Waals surface area (Å²) >= 11 is 0. The summed E-state index contributed by atoms with van der Waals surface area (Å²) < 4.78 is 20.4. The third-order valence-corrected chi connectivity index (χ3v) is 4.41. The Kier molecular flexibility index (Phi) is 5.96. The number of nitrogens with zero attached hydrogens (tertiary/aromatic N) is 1. The maximum absolute atomic E-state index is 13.2. The molecule has 0 radical (unpaired) electrons. The standard InChI is InChI=1S/C22H20FN3O4/c1-4-13-10-14(12-26(3)22(13)29)17-11-18(24-19(27)5-2)25-21(28)20(17)30-16-8-6-15(23)7-9-16/h5-12H,2,4H2,1,3H3,(H2,24,25,27,28). The van der Waals surface area contributed by atoms with Gasteiger partial charge in [0.1, 0.15) is 17.4 Å². The van der Waals surface area contributed by atoms with E-state index in [4.69, 9.17) is 4.74 Å². The highest BCUT2D eigenvalue weighted by molar-refractivity contribution is 5.98. The van der Waals surface area contributed by atoms with E-state index in [9.17, 15) is 18.8 Å². The van der Waals surface area contributed by atoms with Crippen molar-refractivity contribution < 1.29 is 13.9 Å². The van der Waals surface area contributed by atoms with Gasteiger partial charge in [-0.3, -0.25) is 14.4 Å². The fourth-order valence-corrected chi connectivity index (χ4v) is 2.92. The molecule has 0 saturated heterocycles. The lowest BCUT2D eigenvalue weighted by atomic mass is 10.0. The van der Waals surface area contributed by atoms with Gasteiger partial charge in [-0.25, -0.2) is 4.39 Å². The Morgan fingerprint density at radius 2 is 1.97 bits per heavy atom. The number of aromatic amines is 1. The second-order valence-corrected chi connectivity index (χ2v) is 6.53. The van der Waals surface area contributed by atoms with Gasteiger partial charge in [-0.15, -0.1) is 0 Å². The first-order chi connectivity index (χ1) is 14.3. The molecule has 0 unspecified atom stereocenters. The molecule has 0 aliphatic rings. The molecule has 0 aliphatic heterocycles. The van der Waals surface area contributed by atoms with E-state index in [1.165, 1.54) is 34.9 Å². The maximum atomic E-state index is 13.2. The second-order valence-electron chi connectivity index (χ2n) is 6.53. The van der Waals surface area contributed by atoms with Crippen molar-refractivity contribution in [3.05, 3.63) is 87.3 Å². The summed E-state index contributed by atoms with van der Waals surface area (Å²) in [7, 11) is 1.61. The van der Waals surface area contributed by atoms with Gasteiger partial charge < -0.3 is 19.6 Å². The van der Waals surface area contributed by atoms with Crippen LogP contribution in [0.15, 0.2) is 64.8 Å². The predicted molar refractivity (Wildman–Crippen MR) is 112 cm³/mol. The Morgan fingerprint density at radius 1 is 1.27 bits per heavy atom. The van der Waals surface area contributed by atoms with Crippen LogP contribution in [-0.2, 0) is 18.3 Å². The van der Waals surface area contributed by atoms with Gasteiger partial charge in [-0.2, -0.15) is 0 Å². The van der Waals surface area contributed by atoms with Crippen molar-refractivity contribution in [2.75, 3.05) is 5.32 Å².